The molecular weight excluding hydrogens is 312 g/mol. The van der Waals surface area contributed by atoms with Crippen LogP contribution in [0.5, 0.6) is 0 Å². The van der Waals surface area contributed by atoms with Gasteiger partial charge in [0, 0.05) is 18.3 Å². The fourth-order valence-corrected chi connectivity index (χ4v) is 5.59. The van der Waals surface area contributed by atoms with E-state index in [9.17, 15) is 0 Å². The van der Waals surface area contributed by atoms with Gasteiger partial charge in [-0.2, -0.15) is 0 Å². The number of para-hydroxylation sites is 1. The van der Waals surface area contributed by atoms with Crippen LogP contribution in [-0.2, 0) is 12.8 Å². The number of thiocarbonyl (C=S) groups is 1. The molecule has 2 unspecified atom stereocenters. The van der Waals surface area contributed by atoms with E-state index in [1.165, 1.54) is 36.1 Å². The van der Waals surface area contributed by atoms with Crippen LogP contribution in [0.1, 0.15) is 65.0 Å². The van der Waals surface area contributed by atoms with Crippen LogP contribution in [0.15, 0.2) is 18.2 Å². The van der Waals surface area contributed by atoms with Gasteiger partial charge in [-0.1, -0.05) is 52.8 Å². The summed E-state index contributed by atoms with van der Waals surface area (Å²) in [5.41, 5.74) is 4.82. The third-order valence-corrected chi connectivity index (χ3v) is 6.24. The van der Waals surface area contributed by atoms with Crippen molar-refractivity contribution < 1.29 is 0 Å². The van der Waals surface area contributed by atoms with Gasteiger partial charge in [-0.05, 0) is 66.3 Å². The Kier molecular flexibility index (Phi) is 4.67. The number of nitrogens with zero attached hydrogens (tertiary/aromatic N) is 1. The lowest BCUT2D eigenvalue weighted by Gasteiger charge is -2.39. The van der Waals surface area contributed by atoms with Crippen molar-refractivity contribution in [2.75, 3.05) is 11.9 Å². The normalized spacial score (nSPS) is 28.0. The maximum atomic E-state index is 5.87. The molecule has 1 aliphatic carbocycles. The van der Waals surface area contributed by atoms with Gasteiger partial charge in [0.1, 0.15) is 0 Å². The summed E-state index contributed by atoms with van der Waals surface area (Å²) in [5.74, 6) is 0. The van der Waals surface area contributed by atoms with Crippen LogP contribution in [-0.4, -0.2) is 22.6 Å². The Morgan fingerprint density at radius 2 is 1.79 bits per heavy atom. The molecule has 2 bridgehead atoms. The summed E-state index contributed by atoms with van der Waals surface area (Å²) in [5, 5.41) is 4.57. The molecule has 132 valence electrons. The maximum Gasteiger partial charge on any atom is 0.173 e. The van der Waals surface area contributed by atoms with E-state index in [0.717, 1.165) is 24.5 Å². The molecule has 1 saturated heterocycles. The fraction of sp³-hybridized carbons (Fsp3) is 0.667. The van der Waals surface area contributed by atoms with Crippen molar-refractivity contribution in [3.05, 3.63) is 29.3 Å². The predicted molar refractivity (Wildman–Crippen MR) is 108 cm³/mol. The van der Waals surface area contributed by atoms with Crippen LogP contribution in [0.3, 0.4) is 0 Å². The second kappa shape index (κ2) is 6.33. The van der Waals surface area contributed by atoms with E-state index in [1.807, 2.05) is 0 Å². The van der Waals surface area contributed by atoms with E-state index < -0.39 is 0 Å². The molecule has 0 spiro atoms. The molecular formula is C21H32N2S. The molecule has 2 aliphatic rings. The Bertz CT molecular complexity index is 614. The minimum Gasteiger partial charge on any atom is -0.345 e. The van der Waals surface area contributed by atoms with Gasteiger partial charge in [-0.15, -0.1) is 0 Å². The number of nitrogens with one attached hydrogen (secondary N) is 1. The minimum atomic E-state index is 0.413. The second-order valence-corrected chi connectivity index (χ2v) is 9.32. The largest absolute Gasteiger partial charge is 0.345 e. The second-order valence-electron chi connectivity index (χ2n) is 8.93. The summed E-state index contributed by atoms with van der Waals surface area (Å²) in [7, 11) is 0. The van der Waals surface area contributed by atoms with Crippen molar-refractivity contribution in [2.24, 2.45) is 10.8 Å². The van der Waals surface area contributed by atoms with Gasteiger partial charge in [0.25, 0.3) is 0 Å². The molecule has 3 rings (SSSR count). The van der Waals surface area contributed by atoms with Crippen molar-refractivity contribution >= 4 is 23.0 Å². The zero-order valence-electron chi connectivity index (χ0n) is 15.9. The Hall–Kier alpha value is -1.09. The fourth-order valence-electron chi connectivity index (χ4n) is 5.28. The smallest absolute Gasteiger partial charge is 0.173 e. The predicted octanol–water partition coefficient (Wildman–Crippen LogP) is 5.41. The van der Waals surface area contributed by atoms with Crippen LogP contribution in [0.25, 0.3) is 0 Å². The average molecular weight is 345 g/mol. The summed E-state index contributed by atoms with van der Waals surface area (Å²) in [6.45, 7) is 12.8. The third-order valence-electron chi connectivity index (χ3n) is 5.91. The lowest BCUT2D eigenvalue weighted by molar-refractivity contribution is 0.132. The zero-order chi connectivity index (χ0) is 17.5. The van der Waals surface area contributed by atoms with E-state index in [-0.39, 0.29) is 0 Å². The maximum absolute atomic E-state index is 5.87. The molecule has 1 heterocycles. The number of anilines is 1. The third kappa shape index (κ3) is 3.33. The van der Waals surface area contributed by atoms with Crippen molar-refractivity contribution in [3.8, 4) is 0 Å². The molecule has 0 amide bonds. The highest BCUT2D eigenvalue weighted by Crippen LogP contribution is 2.52. The zero-order valence-corrected chi connectivity index (χ0v) is 16.7. The Morgan fingerprint density at radius 1 is 1.17 bits per heavy atom. The van der Waals surface area contributed by atoms with Crippen molar-refractivity contribution in [1.82, 2.24) is 4.90 Å². The molecule has 1 aromatic rings. The molecule has 3 heteroatoms. The standard InChI is InChI=1S/C21H32N2S/c1-6-15-9-8-10-16(7-2)18(15)22-19(24)23-14-21(5)12-17(23)11-20(3,4)13-21/h8-10,17H,6-7,11-14H2,1-5H3,(H,22,24). The van der Waals surface area contributed by atoms with Crippen molar-refractivity contribution in [3.63, 3.8) is 0 Å². The molecule has 2 atom stereocenters. The lowest BCUT2D eigenvalue weighted by Crippen LogP contribution is -2.40. The van der Waals surface area contributed by atoms with Gasteiger partial charge >= 0.3 is 0 Å². The summed E-state index contributed by atoms with van der Waals surface area (Å²) < 4.78 is 0. The average Bonchev–Trinajstić information content (AvgIpc) is 2.76. The molecule has 0 aromatic heterocycles. The summed E-state index contributed by atoms with van der Waals surface area (Å²) >= 11 is 5.87. The molecule has 1 aliphatic heterocycles. The number of rotatable bonds is 3. The van der Waals surface area contributed by atoms with Crippen LogP contribution >= 0.6 is 12.2 Å². The van der Waals surface area contributed by atoms with Crippen LogP contribution in [0.2, 0.25) is 0 Å². The van der Waals surface area contributed by atoms with Gasteiger partial charge in [0.15, 0.2) is 5.11 Å². The molecule has 1 saturated carbocycles. The molecule has 1 aromatic carbocycles. The molecule has 24 heavy (non-hydrogen) atoms. The van der Waals surface area contributed by atoms with Crippen LogP contribution in [0.4, 0.5) is 5.69 Å². The molecule has 1 N–H and O–H groups in total. The number of fused-ring (bicyclic) bond motifs is 2. The molecule has 0 radical (unpaired) electrons. The van der Waals surface area contributed by atoms with Gasteiger partial charge in [0.05, 0.1) is 0 Å². The van der Waals surface area contributed by atoms with E-state index >= 15 is 0 Å². The van der Waals surface area contributed by atoms with E-state index in [1.54, 1.807) is 0 Å². The van der Waals surface area contributed by atoms with Gasteiger partial charge in [-0.3, -0.25) is 0 Å². The highest BCUT2D eigenvalue weighted by atomic mass is 32.1. The van der Waals surface area contributed by atoms with E-state index in [2.05, 4.69) is 63.0 Å². The number of likely N-dealkylation sites (tertiary alicyclic amines) is 1. The Morgan fingerprint density at radius 3 is 2.38 bits per heavy atom. The van der Waals surface area contributed by atoms with Crippen LogP contribution in [0, 0.1) is 10.8 Å². The van der Waals surface area contributed by atoms with Crippen molar-refractivity contribution in [2.45, 2.75) is 72.8 Å². The molecule has 2 fully saturated rings. The highest BCUT2D eigenvalue weighted by molar-refractivity contribution is 7.80. The topological polar surface area (TPSA) is 15.3 Å². The SMILES string of the molecule is CCc1cccc(CC)c1NC(=S)N1CC2(C)CC1CC(C)(C)C2. The van der Waals surface area contributed by atoms with E-state index in [0.29, 0.717) is 16.9 Å². The monoisotopic (exact) mass is 344 g/mol. The number of aryl methyl sites for hydroxylation is 2. The Labute approximate surface area is 153 Å². The first-order chi connectivity index (χ1) is 11.3. The first-order valence-corrected chi connectivity index (χ1v) is 9.86. The minimum absolute atomic E-state index is 0.413. The first kappa shape index (κ1) is 17.7. The van der Waals surface area contributed by atoms with Gasteiger partial charge in [-0.25, -0.2) is 0 Å². The van der Waals surface area contributed by atoms with Gasteiger partial charge < -0.3 is 10.2 Å². The molecule has 2 nitrogen and oxygen atoms in total. The van der Waals surface area contributed by atoms with Crippen molar-refractivity contribution in [1.29, 1.82) is 0 Å². The first-order valence-electron chi connectivity index (χ1n) is 9.45. The quantitative estimate of drug-likeness (QED) is 0.738. The number of hydrogen-bond donors (Lipinski definition) is 1. The summed E-state index contributed by atoms with van der Waals surface area (Å²) in [4.78, 5) is 2.48. The van der Waals surface area contributed by atoms with E-state index in [4.69, 9.17) is 12.2 Å². The summed E-state index contributed by atoms with van der Waals surface area (Å²) in [6, 6.07) is 7.20. The highest BCUT2D eigenvalue weighted by Gasteiger charge is 2.50. The Balaban J connectivity index is 1.82. The van der Waals surface area contributed by atoms with Gasteiger partial charge in [0.2, 0.25) is 0 Å². The lowest BCUT2D eigenvalue weighted by atomic mass is 9.65. The number of hydrogen-bond acceptors (Lipinski definition) is 1. The van der Waals surface area contributed by atoms with Crippen LogP contribution < -0.4 is 5.32 Å². The number of benzene rings is 1. The summed E-state index contributed by atoms with van der Waals surface area (Å²) in [6.07, 6.45) is 5.91.